The highest BCUT2D eigenvalue weighted by atomic mass is 15.1. The Morgan fingerprint density at radius 3 is 2.77 bits per heavy atom. The van der Waals surface area contributed by atoms with Crippen LogP contribution >= 0.6 is 0 Å². The lowest BCUT2D eigenvalue weighted by Gasteiger charge is -2.18. The van der Waals surface area contributed by atoms with Gasteiger partial charge >= 0.3 is 0 Å². The lowest BCUT2D eigenvalue weighted by molar-refractivity contribution is 0.298. The van der Waals surface area contributed by atoms with Crippen LogP contribution in [0.3, 0.4) is 0 Å². The minimum Gasteiger partial charge on any atom is -0.302 e. The normalized spacial score (nSPS) is 29.4. The summed E-state index contributed by atoms with van der Waals surface area (Å²) >= 11 is 0. The van der Waals surface area contributed by atoms with Gasteiger partial charge < -0.3 is 4.90 Å². The molecule has 1 aliphatic heterocycles. The van der Waals surface area contributed by atoms with Gasteiger partial charge in [0.05, 0.1) is 0 Å². The van der Waals surface area contributed by atoms with Gasteiger partial charge in [0, 0.05) is 18.9 Å². The van der Waals surface area contributed by atoms with Crippen molar-refractivity contribution in [1.29, 1.82) is 0 Å². The molecule has 0 spiro atoms. The summed E-state index contributed by atoms with van der Waals surface area (Å²) in [6.45, 7) is 3.88. The Bertz CT molecular complexity index is 205. The van der Waals surface area contributed by atoms with Crippen LogP contribution in [0.2, 0.25) is 0 Å². The van der Waals surface area contributed by atoms with Crippen molar-refractivity contribution in [3.63, 3.8) is 0 Å². The Morgan fingerprint density at radius 2 is 1.92 bits per heavy atom. The Morgan fingerprint density at radius 1 is 1.08 bits per heavy atom. The zero-order valence-electron chi connectivity index (χ0n) is 8.39. The van der Waals surface area contributed by atoms with E-state index in [1.807, 2.05) is 0 Å². The summed E-state index contributed by atoms with van der Waals surface area (Å²) in [4.78, 5) is 2.59. The zero-order chi connectivity index (χ0) is 8.93. The fourth-order valence-electron chi connectivity index (χ4n) is 2.31. The highest BCUT2D eigenvalue weighted by Gasteiger charge is 2.16. The van der Waals surface area contributed by atoms with E-state index in [1.165, 1.54) is 51.7 Å². The van der Waals surface area contributed by atoms with E-state index in [9.17, 15) is 0 Å². The molecule has 0 N–H and O–H groups in total. The second-order valence-corrected chi connectivity index (χ2v) is 4.27. The van der Waals surface area contributed by atoms with E-state index < -0.39 is 0 Å². The highest BCUT2D eigenvalue weighted by molar-refractivity contribution is 5.06. The van der Waals surface area contributed by atoms with Gasteiger partial charge in [-0.2, -0.15) is 0 Å². The molecule has 1 heterocycles. The lowest BCUT2D eigenvalue weighted by Crippen LogP contribution is -2.25. The van der Waals surface area contributed by atoms with Crippen molar-refractivity contribution in [2.75, 3.05) is 19.6 Å². The van der Waals surface area contributed by atoms with Crippen molar-refractivity contribution < 1.29 is 0 Å². The molecule has 1 heteroatoms. The molecule has 1 fully saturated rings. The van der Waals surface area contributed by atoms with E-state index in [4.69, 9.17) is 0 Å². The minimum absolute atomic E-state index is 0.681. The van der Waals surface area contributed by atoms with Crippen molar-refractivity contribution >= 4 is 0 Å². The van der Waals surface area contributed by atoms with Crippen LogP contribution < -0.4 is 0 Å². The van der Waals surface area contributed by atoms with Crippen molar-refractivity contribution in [1.82, 2.24) is 4.90 Å². The molecule has 1 atom stereocenters. The molecule has 1 saturated heterocycles. The zero-order valence-corrected chi connectivity index (χ0v) is 8.39. The number of hydrogen-bond acceptors (Lipinski definition) is 1. The van der Waals surface area contributed by atoms with Crippen molar-refractivity contribution in [2.45, 2.75) is 38.5 Å². The van der Waals surface area contributed by atoms with Crippen LogP contribution in [0.1, 0.15) is 38.5 Å². The molecule has 0 saturated carbocycles. The van der Waals surface area contributed by atoms with E-state index in [-0.39, 0.29) is 0 Å². The van der Waals surface area contributed by atoms with Gasteiger partial charge in [-0.15, -0.1) is 5.92 Å². The molecule has 2 aliphatic rings. The second-order valence-electron chi connectivity index (χ2n) is 4.27. The van der Waals surface area contributed by atoms with E-state index in [2.05, 4.69) is 16.7 Å². The van der Waals surface area contributed by atoms with E-state index in [1.54, 1.807) is 0 Å². The molecule has 0 aromatic carbocycles. The quantitative estimate of drug-likeness (QED) is 0.585. The average molecular weight is 177 g/mol. The third-order valence-corrected chi connectivity index (χ3v) is 3.09. The Labute approximate surface area is 81.5 Å². The predicted octanol–water partition coefficient (Wildman–Crippen LogP) is 2.28. The summed E-state index contributed by atoms with van der Waals surface area (Å²) in [6, 6.07) is 0. The molecular weight excluding hydrogens is 158 g/mol. The van der Waals surface area contributed by atoms with Crippen molar-refractivity contribution in [3.05, 3.63) is 0 Å². The van der Waals surface area contributed by atoms with Gasteiger partial charge in [0.15, 0.2) is 0 Å². The third kappa shape index (κ3) is 2.74. The van der Waals surface area contributed by atoms with Crippen LogP contribution in [0.15, 0.2) is 0 Å². The van der Waals surface area contributed by atoms with Crippen LogP contribution in [-0.4, -0.2) is 24.5 Å². The van der Waals surface area contributed by atoms with Gasteiger partial charge in [-0.05, 0) is 38.8 Å². The summed E-state index contributed by atoms with van der Waals surface area (Å²) in [5, 5.41) is 0. The van der Waals surface area contributed by atoms with Crippen molar-refractivity contribution in [3.8, 4) is 11.8 Å². The molecule has 0 radical (unpaired) electrons. The Hall–Kier alpha value is -0.480. The number of rotatable bonds is 2. The molecule has 0 aromatic rings. The number of nitrogens with zero attached hydrogens (tertiary/aromatic N) is 1. The standard InChI is InChI=1S/C12H19N/c1-2-4-8-12(7-3-1)11-13-9-5-6-10-13/h12H,1-3,5-7,9-11H2/t12-/m1/s1. The smallest absolute Gasteiger partial charge is 0.0330 e. The molecule has 0 unspecified atom stereocenters. The van der Waals surface area contributed by atoms with Gasteiger partial charge in [-0.1, -0.05) is 12.3 Å². The Balaban J connectivity index is 1.80. The van der Waals surface area contributed by atoms with Crippen LogP contribution in [-0.2, 0) is 0 Å². The van der Waals surface area contributed by atoms with Crippen LogP contribution in [0, 0.1) is 17.8 Å². The summed E-state index contributed by atoms with van der Waals surface area (Å²) in [7, 11) is 0. The molecule has 1 nitrogen and oxygen atoms in total. The maximum atomic E-state index is 3.42. The number of likely N-dealkylation sites (tertiary alicyclic amines) is 1. The maximum Gasteiger partial charge on any atom is 0.0330 e. The molecular formula is C12H19N. The SMILES string of the molecule is C1#C[C@H](CN2CCCC2)CCCC1. The second kappa shape index (κ2) is 4.67. The Kier molecular flexibility index (Phi) is 3.27. The van der Waals surface area contributed by atoms with Crippen LogP contribution in [0.25, 0.3) is 0 Å². The minimum atomic E-state index is 0.681. The van der Waals surface area contributed by atoms with Crippen LogP contribution in [0.4, 0.5) is 0 Å². The van der Waals surface area contributed by atoms with E-state index >= 15 is 0 Å². The molecule has 0 bridgehead atoms. The summed E-state index contributed by atoms with van der Waals surface area (Å²) < 4.78 is 0. The van der Waals surface area contributed by atoms with Gasteiger partial charge in [0.2, 0.25) is 0 Å². The number of hydrogen-bond donors (Lipinski definition) is 0. The largest absolute Gasteiger partial charge is 0.302 e. The molecule has 1 aliphatic carbocycles. The fourth-order valence-corrected chi connectivity index (χ4v) is 2.31. The highest BCUT2D eigenvalue weighted by Crippen LogP contribution is 2.16. The molecule has 0 amide bonds. The van der Waals surface area contributed by atoms with E-state index in [0.717, 1.165) is 6.42 Å². The summed E-state index contributed by atoms with van der Waals surface area (Å²) in [5.41, 5.74) is 0. The van der Waals surface area contributed by atoms with Gasteiger partial charge in [-0.25, -0.2) is 0 Å². The first kappa shape index (κ1) is 9.09. The first-order valence-electron chi connectivity index (χ1n) is 5.66. The first-order chi connectivity index (χ1) is 6.45. The first-order valence-corrected chi connectivity index (χ1v) is 5.66. The third-order valence-electron chi connectivity index (χ3n) is 3.09. The molecule has 72 valence electrons. The fraction of sp³-hybridized carbons (Fsp3) is 0.833. The maximum absolute atomic E-state index is 3.42. The van der Waals surface area contributed by atoms with E-state index in [0.29, 0.717) is 5.92 Å². The van der Waals surface area contributed by atoms with Gasteiger partial charge in [0.25, 0.3) is 0 Å². The van der Waals surface area contributed by atoms with Gasteiger partial charge in [0.1, 0.15) is 0 Å². The van der Waals surface area contributed by atoms with Gasteiger partial charge in [-0.3, -0.25) is 0 Å². The summed E-state index contributed by atoms with van der Waals surface area (Å²) in [5.74, 6) is 7.39. The molecule has 13 heavy (non-hydrogen) atoms. The average Bonchev–Trinajstić information content (AvgIpc) is 2.49. The monoisotopic (exact) mass is 177 g/mol. The topological polar surface area (TPSA) is 3.24 Å². The van der Waals surface area contributed by atoms with Crippen LogP contribution in [0.5, 0.6) is 0 Å². The summed E-state index contributed by atoms with van der Waals surface area (Å²) in [6.07, 6.45) is 7.97. The molecule has 0 aromatic heterocycles. The molecule has 2 rings (SSSR count). The van der Waals surface area contributed by atoms with Crippen molar-refractivity contribution in [2.24, 2.45) is 5.92 Å². The lowest BCUT2D eigenvalue weighted by atomic mass is 10.0. The predicted molar refractivity (Wildman–Crippen MR) is 55.4 cm³/mol.